The second kappa shape index (κ2) is 8.50. The van der Waals surface area contributed by atoms with Crippen LogP contribution in [-0.2, 0) is 0 Å². The molecule has 0 atom stereocenters. The minimum absolute atomic E-state index is 0.00798. The summed E-state index contributed by atoms with van der Waals surface area (Å²) in [5, 5.41) is 5.98. The Hall–Kier alpha value is -3.13. The largest absolute Gasteiger partial charge is 0.353 e. The van der Waals surface area contributed by atoms with Crippen molar-refractivity contribution in [2.45, 2.75) is 0 Å². The highest BCUT2D eigenvalue weighted by molar-refractivity contribution is 5.67. The van der Waals surface area contributed by atoms with Gasteiger partial charge < -0.3 is 15.5 Å². The summed E-state index contributed by atoms with van der Waals surface area (Å²) in [4.78, 5) is 14.9. The van der Waals surface area contributed by atoms with Crippen molar-refractivity contribution in [2.75, 3.05) is 37.8 Å². The molecule has 2 heterocycles. The highest BCUT2D eigenvalue weighted by Gasteiger charge is 2.11. The zero-order valence-corrected chi connectivity index (χ0v) is 15.1. The quantitative estimate of drug-likeness (QED) is 0.663. The fourth-order valence-corrected chi connectivity index (χ4v) is 2.39. The van der Waals surface area contributed by atoms with Crippen molar-refractivity contribution < 1.29 is 8.78 Å². The fourth-order valence-electron chi connectivity index (χ4n) is 2.39. The molecule has 6 nitrogen and oxygen atoms in total. The molecule has 3 rings (SSSR count). The SMILES string of the molecule is CN(C)CCNc1nc(Nc2cccc(F)c2F)cc(-c2ccncc2)n1. The molecule has 0 aliphatic rings. The molecule has 0 spiro atoms. The normalized spacial score (nSPS) is 10.9. The first-order chi connectivity index (χ1) is 13.0. The van der Waals surface area contributed by atoms with Gasteiger partial charge in [-0.25, -0.2) is 13.8 Å². The smallest absolute Gasteiger partial charge is 0.225 e. The van der Waals surface area contributed by atoms with Crippen LogP contribution in [0.25, 0.3) is 11.3 Å². The van der Waals surface area contributed by atoms with Crippen molar-refractivity contribution in [2.24, 2.45) is 0 Å². The topological polar surface area (TPSA) is 66.0 Å². The number of anilines is 3. The Morgan fingerprint density at radius 2 is 1.81 bits per heavy atom. The molecule has 0 saturated heterocycles. The van der Waals surface area contributed by atoms with Crippen LogP contribution in [0, 0.1) is 11.6 Å². The standard InChI is InChI=1S/C19H20F2N6/c1-27(2)11-10-23-19-25-16(13-6-8-22-9-7-13)12-17(26-19)24-15-5-3-4-14(20)18(15)21/h3-9,12H,10-11H2,1-2H3,(H2,23,24,25,26). The minimum Gasteiger partial charge on any atom is -0.353 e. The van der Waals surface area contributed by atoms with Gasteiger partial charge in [-0.1, -0.05) is 6.07 Å². The maximum absolute atomic E-state index is 14.0. The van der Waals surface area contributed by atoms with E-state index in [0.29, 0.717) is 24.0 Å². The Morgan fingerprint density at radius 1 is 1.04 bits per heavy atom. The Bertz CT molecular complexity index is 902. The molecular weight excluding hydrogens is 350 g/mol. The summed E-state index contributed by atoms with van der Waals surface area (Å²) in [6.07, 6.45) is 3.33. The predicted octanol–water partition coefficient (Wildman–Crippen LogP) is 3.53. The summed E-state index contributed by atoms with van der Waals surface area (Å²) in [7, 11) is 3.94. The van der Waals surface area contributed by atoms with Crippen LogP contribution >= 0.6 is 0 Å². The Balaban J connectivity index is 1.92. The maximum atomic E-state index is 14.0. The molecule has 3 aromatic rings. The minimum atomic E-state index is -0.955. The second-order valence-electron chi connectivity index (χ2n) is 6.15. The Morgan fingerprint density at radius 3 is 2.56 bits per heavy atom. The molecule has 0 unspecified atom stereocenters. The number of hydrogen-bond donors (Lipinski definition) is 2. The van der Waals surface area contributed by atoms with Crippen LogP contribution in [0.3, 0.4) is 0 Å². The first kappa shape index (κ1) is 18.7. The van der Waals surface area contributed by atoms with Crippen LogP contribution in [0.1, 0.15) is 0 Å². The lowest BCUT2D eigenvalue weighted by atomic mass is 10.2. The molecule has 0 aliphatic carbocycles. The highest BCUT2D eigenvalue weighted by atomic mass is 19.2. The molecular formula is C19H20F2N6. The van der Waals surface area contributed by atoms with Crippen LogP contribution in [0.5, 0.6) is 0 Å². The van der Waals surface area contributed by atoms with E-state index in [4.69, 9.17) is 0 Å². The third kappa shape index (κ3) is 4.95. The van der Waals surface area contributed by atoms with E-state index in [1.807, 2.05) is 31.1 Å². The van der Waals surface area contributed by atoms with Gasteiger partial charge in [-0.3, -0.25) is 4.98 Å². The highest BCUT2D eigenvalue weighted by Crippen LogP contribution is 2.25. The molecule has 0 bridgehead atoms. The number of aromatic nitrogens is 3. The lowest BCUT2D eigenvalue weighted by Gasteiger charge is -2.13. The van der Waals surface area contributed by atoms with Crippen LogP contribution in [-0.4, -0.2) is 47.0 Å². The lowest BCUT2D eigenvalue weighted by Crippen LogP contribution is -2.21. The number of hydrogen-bond acceptors (Lipinski definition) is 6. The summed E-state index contributed by atoms with van der Waals surface area (Å²) in [5.74, 6) is -1.13. The van der Waals surface area contributed by atoms with Gasteiger partial charge in [-0.05, 0) is 38.4 Å². The molecule has 0 radical (unpaired) electrons. The molecule has 2 aromatic heterocycles. The van der Waals surface area contributed by atoms with Crippen molar-refractivity contribution in [1.82, 2.24) is 19.9 Å². The molecule has 140 valence electrons. The number of likely N-dealkylation sites (N-methyl/N-ethyl adjacent to an activating group) is 1. The summed E-state index contributed by atoms with van der Waals surface area (Å²) >= 11 is 0. The molecule has 1 aromatic carbocycles. The van der Waals surface area contributed by atoms with Gasteiger partial charge in [0.1, 0.15) is 5.82 Å². The van der Waals surface area contributed by atoms with E-state index >= 15 is 0 Å². The second-order valence-corrected chi connectivity index (χ2v) is 6.15. The van der Waals surface area contributed by atoms with Crippen LogP contribution in [0.15, 0.2) is 48.8 Å². The first-order valence-corrected chi connectivity index (χ1v) is 8.42. The summed E-state index contributed by atoms with van der Waals surface area (Å²) in [6, 6.07) is 9.26. The van der Waals surface area contributed by atoms with Crippen molar-refractivity contribution in [3.8, 4) is 11.3 Å². The number of pyridine rings is 1. The molecule has 8 heteroatoms. The predicted molar refractivity (Wildman–Crippen MR) is 102 cm³/mol. The third-order valence-electron chi connectivity index (χ3n) is 3.76. The summed E-state index contributed by atoms with van der Waals surface area (Å²) < 4.78 is 27.5. The zero-order chi connectivity index (χ0) is 19.2. The van der Waals surface area contributed by atoms with Gasteiger partial charge in [0, 0.05) is 37.1 Å². The zero-order valence-electron chi connectivity index (χ0n) is 15.1. The van der Waals surface area contributed by atoms with Crippen molar-refractivity contribution in [3.63, 3.8) is 0 Å². The monoisotopic (exact) mass is 370 g/mol. The van der Waals surface area contributed by atoms with Gasteiger partial charge >= 0.3 is 0 Å². The number of rotatable bonds is 7. The van der Waals surface area contributed by atoms with Crippen molar-refractivity contribution in [3.05, 3.63) is 60.4 Å². The van der Waals surface area contributed by atoms with Gasteiger partial charge in [-0.15, -0.1) is 0 Å². The van der Waals surface area contributed by atoms with Crippen LogP contribution < -0.4 is 10.6 Å². The molecule has 2 N–H and O–H groups in total. The van der Waals surface area contributed by atoms with E-state index in [1.165, 1.54) is 12.1 Å². The van der Waals surface area contributed by atoms with Gasteiger partial charge in [0.25, 0.3) is 0 Å². The van der Waals surface area contributed by atoms with Gasteiger partial charge in [-0.2, -0.15) is 4.98 Å². The van der Waals surface area contributed by atoms with E-state index in [9.17, 15) is 8.78 Å². The van der Waals surface area contributed by atoms with Crippen molar-refractivity contribution >= 4 is 17.5 Å². The summed E-state index contributed by atoms with van der Waals surface area (Å²) in [6.45, 7) is 1.44. The third-order valence-corrected chi connectivity index (χ3v) is 3.76. The maximum Gasteiger partial charge on any atom is 0.225 e. The van der Waals surface area contributed by atoms with Crippen LogP contribution in [0.2, 0.25) is 0 Å². The van der Waals surface area contributed by atoms with E-state index in [2.05, 4.69) is 25.6 Å². The molecule has 0 amide bonds. The van der Waals surface area contributed by atoms with E-state index in [-0.39, 0.29) is 5.69 Å². The Kier molecular flexibility index (Phi) is 5.87. The first-order valence-electron chi connectivity index (χ1n) is 8.42. The number of nitrogens with zero attached hydrogens (tertiary/aromatic N) is 4. The van der Waals surface area contributed by atoms with Gasteiger partial charge in [0.15, 0.2) is 11.6 Å². The van der Waals surface area contributed by atoms with E-state index in [0.717, 1.165) is 18.2 Å². The molecule has 0 fully saturated rings. The average molecular weight is 370 g/mol. The van der Waals surface area contributed by atoms with E-state index in [1.54, 1.807) is 18.5 Å². The van der Waals surface area contributed by atoms with E-state index < -0.39 is 11.6 Å². The van der Waals surface area contributed by atoms with Crippen LogP contribution in [0.4, 0.5) is 26.2 Å². The molecule has 0 aliphatic heterocycles. The number of nitrogens with one attached hydrogen (secondary N) is 2. The molecule has 27 heavy (non-hydrogen) atoms. The lowest BCUT2D eigenvalue weighted by molar-refractivity contribution is 0.425. The van der Waals surface area contributed by atoms with Crippen molar-refractivity contribution in [1.29, 1.82) is 0 Å². The molecule has 0 saturated carbocycles. The van der Waals surface area contributed by atoms with Gasteiger partial charge in [0.05, 0.1) is 11.4 Å². The Labute approximate surface area is 156 Å². The number of halogens is 2. The van der Waals surface area contributed by atoms with Gasteiger partial charge in [0.2, 0.25) is 5.95 Å². The fraction of sp³-hybridized carbons (Fsp3) is 0.211. The average Bonchev–Trinajstić information content (AvgIpc) is 2.66. The summed E-state index contributed by atoms with van der Waals surface area (Å²) in [5.41, 5.74) is 1.48. The number of benzene rings is 1.